The van der Waals surface area contributed by atoms with Crippen molar-refractivity contribution in [3.8, 4) is 5.75 Å². The van der Waals surface area contributed by atoms with Crippen molar-refractivity contribution < 1.29 is 14.3 Å². The Bertz CT molecular complexity index is 871. The summed E-state index contributed by atoms with van der Waals surface area (Å²) in [5.74, 6) is 0.0792. The summed E-state index contributed by atoms with van der Waals surface area (Å²) >= 11 is 12.0. The lowest BCUT2D eigenvalue weighted by atomic mass is 10.1. The highest BCUT2D eigenvalue weighted by atomic mass is 35.5. The van der Waals surface area contributed by atoms with E-state index in [4.69, 9.17) is 27.9 Å². The van der Waals surface area contributed by atoms with Crippen molar-refractivity contribution in [3.63, 3.8) is 0 Å². The maximum absolute atomic E-state index is 12.8. The van der Waals surface area contributed by atoms with Gasteiger partial charge in [-0.25, -0.2) is 4.90 Å². The van der Waals surface area contributed by atoms with Gasteiger partial charge < -0.3 is 4.74 Å². The standard InChI is InChI=1S/C20H17Cl2NO3/c1-12(2)11-26-16-9-7-15(8-10-16)23-19(24)17(18(22)20(23)25)13-3-5-14(21)6-4-13/h3-10,12H,11H2,1-2H3. The molecule has 1 heterocycles. The summed E-state index contributed by atoms with van der Waals surface area (Å²) in [4.78, 5) is 26.4. The second-order valence-electron chi connectivity index (χ2n) is 6.34. The average molecular weight is 390 g/mol. The maximum atomic E-state index is 12.8. The lowest BCUT2D eigenvalue weighted by Crippen LogP contribution is -2.31. The van der Waals surface area contributed by atoms with Crippen molar-refractivity contribution in [1.29, 1.82) is 0 Å². The first-order valence-electron chi connectivity index (χ1n) is 8.16. The molecule has 0 saturated carbocycles. The first kappa shape index (κ1) is 18.5. The Labute approximate surface area is 162 Å². The normalized spacial score (nSPS) is 14.6. The fourth-order valence-corrected chi connectivity index (χ4v) is 2.96. The summed E-state index contributed by atoms with van der Waals surface area (Å²) in [7, 11) is 0. The molecule has 0 radical (unpaired) electrons. The molecular weight excluding hydrogens is 373 g/mol. The predicted molar refractivity (Wildman–Crippen MR) is 103 cm³/mol. The number of ether oxygens (including phenoxy) is 1. The Balaban J connectivity index is 1.85. The number of halogens is 2. The van der Waals surface area contributed by atoms with Crippen LogP contribution in [-0.2, 0) is 9.59 Å². The van der Waals surface area contributed by atoms with Crippen LogP contribution in [0.1, 0.15) is 19.4 Å². The van der Waals surface area contributed by atoms with E-state index in [1.54, 1.807) is 48.5 Å². The molecular formula is C20H17Cl2NO3. The van der Waals surface area contributed by atoms with Crippen LogP contribution in [0, 0.1) is 5.92 Å². The van der Waals surface area contributed by atoms with E-state index in [0.29, 0.717) is 34.5 Å². The largest absolute Gasteiger partial charge is 0.493 e. The van der Waals surface area contributed by atoms with Crippen LogP contribution in [0.25, 0.3) is 5.57 Å². The van der Waals surface area contributed by atoms with Gasteiger partial charge in [-0.1, -0.05) is 49.2 Å². The van der Waals surface area contributed by atoms with E-state index in [1.165, 1.54) is 0 Å². The van der Waals surface area contributed by atoms with Crippen molar-refractivity contribution in [2.45, 2.75) is 13.8 Å². The SMILES string of the molecule is CC(C)COc1ccc(N2C(=O)C(Cl)=C(c3ccc(Cl)cc3)C2=O)cc1. The van der Waals surface area contributed by atoms with Gasteiger partial charge in [0, 0.05) is 5.02 Å². The summed E-state index contributed by atoms with van der Waals surface area (Å²) < 4.78 is 5.62. The van der Waals surface area contributed by atoms with Crippen LogP contribution in [0.4, 0.5) is 5.69 Å². The molecule has 6 heteroatoms. The van der Waals surface area contributed by atoms with Gasteiger partial charge in [-0.3, -0.25) is 9.59 Å². The molecule has 26 heavy (non-hydrogen) atoms. The van der Waals surface area contributed by atoms with E-state index < -0.39 is 11.8 Å². The maximum Gasteiger partial charge on any atom is 0.277 e. The third kappa shape index (κ3) is 3.62. The highest BCUT2D eigenvalue weighted by Crippen LogP contribution is 2.35. The predicted octanol–water partition coefficient (Wildman–Crippen LogP) is 4.90. The van der Waals surface area contributed by atoms with Crippen LogP contribution in [0.2, 0.25) is 5.02 Å². The molecule has 1 aliphatic heterocycles. The van der Waals surface area contributed by atoms with Crippen molar-refractivity contribution in [2.24, 2.45) is 5.92 Å². The molecule has 2 amide bonds. The van der Waals surface area contributed by atoms with Crippen LogP contribution in [-0.4, -0.2) is 18.4 Å². The smallest absolute Gasteiger partial charge is 0.277 e. The molecule has 0 aromatic heterocycles. The molecule has 0 spiro atoms. The molecule has 0 N–H and O–H groups in total. The molecule has 2 aromatic rings. The van der Waals surface area contributed by atoms with Gasteiger partial charge in [0.05, 0.1) is 17.9 Å². The summed E-state index contributed by atoms with van der Waals surface area (Å²) in [6.45, 7) is 4.71. The average Bonchev–Trinajstić information content (AvgIpc) is 2.84. The minimum Gasteiger partial charge on any atom is -0.493 e. The Morgan fingerprint density at radius 1 is 0.923 bits per heavy atom. The van der Waals surface area contributed by atoms with Gasteiger partial charge in [-0.05, 0) is 47.9 Å². The minimum atomic E-state index is -0.544. The van der Waals surface area contributed by atoms with E-state index in [1.807, 2.05) is 0 Å². The van der Waals surface area contributed by atoms with Gasteiger partial charge in [0.1, 0.15) is 10.8 Å². The van der Waals surface area contributed by atoms with Crippen molar-refractivity contribution in [3.05, 3.63) is 64.1 Å². The minimum absolute atomic E-state index is 0.0996. The molecule has 1 aliphatic rings. The number of amides is 2. The second kappa shape index (κ2) is 7.52. The fourth-order valence-electron chi connectivity index (χ4n) is 2.56. The fraction of sp³-hybridized carbons (Fsp3) is 0.200. The van der Waals surface area contributed by atoms with Gasteiger partial charge in [-0.2, -0.15) is 0 Å². The Hall–Kier alpha value is -2.30. The van der Waals surface area contributed by atoms with Crippen molar-refractivity contribution in [2.75, 3.05) is 11.5 Å². The number of rotatable bonds is 5. The number of hydrogen-bond donors (Lipinski definition) is 0. The number of benzene rings is 2. The highest BCUT2D eigenvalue weighted by Gasteiger charge is 2.39. The van der Waals surface area contributed by atoms with Crippen LogP contribution in [0.5, 0.6) is 5.75 Å². The first-order valence-corrected chi connectivity index (χ1v) is 8.91. The summed E-state index contributed by atoms with van der Waals surface area (Å²) in [5.41, 5.74) is 1.17. The molecule has 134 valence electrons. The molecule has 4 nitrogen and oxygen atoms in total. The lowest BCUT2D eigenvalue weighted by Gasteiger charge is -2.16. The molecule has 0 aliphatic carbocycles. The van der Waals surface area contributed by atoms with E-state index >= 15 is 0 Å². The summed E-state index contributed by atoms with van der Waals surface area (Å²) in [5, 5.41) is 0.438. The summed E-state index contributed by atoms with van der Waals surface area (Å²) in [6.07, 6.45) is 0. The Morgan fingerprint density at radius 3 is 2.12 bits per heavy atom. The van der Waals surface area contributed by atoms with E-state index in [-0.39, 0.29) is 10.6 Å². The quantitative estimate of drug-likeness (QED) is 0.683. The van der Waals surface area contributed by atoms with E-state index in [9.17, 15) is 9.59 Å². The van der Waals surface area contributed by atoms with Crippen LogP contribution in [0.3, 0.4) is 0 Å². The molecule has 0 bridgehead atoms. The molecule has 0 atom stereocenters. The number of carbonyl (C=O) groups excluding carboxylic acids is 2. The zero-order valence-electron chi connectivity index (χ0n) is 14.3. The molecule has 0 saturated heterocycles. The van der Waals surface area contributed by atoms with E-state index in [2.05, 4.69) is 13.8 Å². The molecule has 2 aromatic carbocycles. The summed E-state index contributed by atoms with van der Waals surface area (Å²) in [6, 6.07) is 13.4. The zero-order chi connectivity index (χ0) is 18.8. The number of nitrogens with zero attached hydrogens (tertiary/aromatic N) is 1. The molecule has 3 rings (SSSR count). The highest BCUT2D eigenvalue weighted by molar-refractivity contribution is 6.60. The van der Waals surface area contributed by atoms with Gasteiger partial charge in [0.25, 0.3) is 11.8 Å². The zero-order valence-corrected chi connectivity index (χ0v) is 15.8. The van der Waals surface area contributed by atoms with Crippen molar-refractivity contribution in [1.82, 2.24) is 0 Å². The lowest BCUT2D eigenvalue weighted by molar-refractivity contribution is -0.119. The van der Waals surface area contributed by atoms with Gasteiger partial charge >= 0.3 is 0 Å². The van der Waals surface area contributed by atoms with Crippen LogP contribution >= 0.6 is 23.2 Å². The number of anilines is 1. The number of imide groups is 1. The van der Waals surface area contributed by atoms with Crippen LogP contribution in [0.15, 0.2) is 53.6 Å². The Morgan fingerprint density at radius 2 is 1.54 bits per heavy atom. The second-order valence-corrected chi connectivity index (χ2v) is 7.15. The third-order valence-corrected chi connectivity index (χ3v) is 4.44. The van der Waals surface area contributed by atoms with Gasteiger partial charge in [0.15, 0.2) is 0 Å². The third-order valence-electron chi connectivity index (χ3n) is 3.84. The van der Waals surface area contributed by atoms with Gasteiger partial charge in [-0.15, -0.1) is 0 Å². The number of hydrogen-bond acceptors (Lipinski definition) is 3. The molecule has 0 unspecified atom stereocenters. The van der Waals surface area contributed by atoms with Crippen molar-refractivity contribution >= 4 is 46.3 Å². The van der Waals surface area contributed by atoms with Crippen LogP contribution < -0.4 is 9.64 Å². The number of carbonyl (C=O) groups is 2. The van der Waals surface area contributed by atoms with Gasteiger partial charge in [0.2, 0.25) is 0 Å². The van der Waals surface area contributed by atoms with E-state index in [0.717, 1.165) is 4.90 Å². The topological polar surface area (TPSA) is 46.6 Å². The first-order chi connectivity index (χ1) is 12.4. The Kier molecular flexibility index (Phi) is 5.35. The monoisotopic (exact) mass is 389 g/mol. The molecule has 0 fully saturated rings.